The Morgan fingerprint density at radius 1 is 1.18 bits per heavy atom. The molecule has 3 nitrogen and oxygen atoms in total. The summed E-state index contributed by atoms with van der Waals surface area (Å²) in [6.45, 7) is 12.1. The van der Waals surface area contributed by atoms with Gasteiger partial charge in [0.15, 0.2) is 0 Å². The molecule has 1 atom stereocenters. The molecule has 1 saturated carbocycles. The molecule has 0 bridgehead atoms. The fourth-order valence-corrected chi connectivity index (χ4v) is 3.93. The molecular formula is C13H27NO2S. The van der Waals surface area contributed by atoms with Crippen LogP contribution in [-0.4, -0.2) is 33.0 Å². The van der Waals surface area contributed by atoms with Crippen molar-refractivity contribution < 1.29 is 8.42 Å². The molecule has 0 aliphatic heterocycles. The highest BCUT2D eigenvalue weighted by Gasteiger charge is 2.66. The summed E-state index contributed by atoms with van der Waals surface area (Å²) < 4.78 is 22.6. The molecule has 4 heteroatoms. The lowest BCUT2D eigenvalue weighted by molar-refractivity contribution is 0.395. The van der Waals surface area contributed by atoms with Crippen LogP contribution < -0.4 is 5.32 Å². The normalized spacial score (nSPS) is 24.6. The molecule has 0 heterocycles. The molecule has 1 unspecified atom stereocenters. The average Bonchev–Trinajstić information content (AvgIpc) is 2.51. The summed E-state index contributed by atoms with van der Waals surface area (Å²) in [5, 5.41) is 3.46. The Morgan fingerprint density at radius 3 is 1.94 bits per heavy atom. The van der Waals surface area contributed by atoms with Crippen molar-refractivity contribution in [3.8, 4) is 0 Å². The van der Waals surface area contributed by atoms with Crippen molar-refractivity contribution in [3.05, 3.63) is 0 Å². The Morgan fingerprint density at radius 2 is 1.65 bits per heavy atom. The van der Waals surface area contributed by atoms with Crippen molar-refractivity contribution in [1.29, 1.82) is 0 Å². The minimum absolute atomic E-state index is 0.285. The zero-order valence-corrected chi connectivity index (χ0v) is 12.8. The summed E-state index contributed by atoms with van der Waals surface area (Å²) in [7, 11) is -2.86. The summed E-state index contributed by atoms with van der Waals surface area (Å²) in [6.07, 6.45) is 2.05. The van der Waals surface area contributed by atoms with E-state index in [1.165, 1.54) is 6.26 Å². The second kappa shape index (κ2) is 4.54. The molecule has 0 amide bonds. The van der Waals surface area contributed by atoms with Gasteiger partial charge in [0.05, 0.1) is 5.75 Å². The van der Waals surface area contributed by atoms with Gasteiger partial charge in [0.1, 0.15) is 9.84 Å². The van der Waals surface area contributed by atoms with Crippen molar-refractivity contribution >= 4 is 9.84 Å². The highest BCUT2D eigenvalue weighted by molar-refractivity contribution is 7.90. The predicted molar refractivity (Wildman–Crippen MR) is 72.8 cm³/mol. The third-order valence-corrected chi connectivity index (χ3v) is 5.78. The van der Waals surface area contributed by atoms with Crippen molar-refractivity contribution in [2.75, 3.05) is 18.6 Å². The standard InChI is InChI=1S/C13H27NO2S/c1-7-14-10(8-9-17(6,15)16)11-12(2,3)13(11,4)5/h10-11,14H,7-9H2,1-6H3. The van der Waals surface area contributed by atoms with E-state index in [1.807, 2.05) is 0 Å². The Bertz CT molecular complexity index is 357. The van der Waals surface area contributed by atoms with Crippen molar-refractivity contribution in [1.82, 2.24) is 5.32 Å². The molecular weight excluding hydrogens is 234 g/mol. The van der Waals surface area contributed by atoms with Crippen LogP contribution in [0.3, 0.4) is 0 Å². The summed E-state index contributed by atoms with van der Waals surface area (Å²) in [6, 6.07) is 0.319. The minimum Gasteiger partial charge on any atom is -0.314 e. The van der Waals surface area contributed by atoms with Gasteiger partial charge in [-0.2, -0.15) is 0 Å². The van der Waals surface area contributed by atoms with E-state index in [1.54, 1.807) is 0 Å². The molecule has 1 N–H and O–H groups in total. The van der Waals surface area contributed by atoms with Crippen LogP contribution in [0.15, 0.2) is 0 Å². The quantitative estimate of drug-likeness (QED) is 0.796. The second-order valence-corrected chi connectivity index (χ2v) is 8.76. The molecule has 102 valence electrons. The van der Waals surface area contributed by atoms with E-state index < -0.39 is 9.84 Å². The number of hydrogen-bond donors (Lipinski definition) is 1. The third-order valence-electron chi connectivity index (χ3n) is 4.80. The second-order valence-electron chi connectivity index (χ2n) is 6.50. The van der Waals surface area contributed by atoms with Gasteiger partial charge in [-0.3, -0.25) is 0 Å². The van der Waals surface area contributed by atoms with Gasteiger partial charge in [-0.25, -0.2) is 8.42 Å². The lowest BCUT2D eigenvalue weighted by atomic mass is 10.0. The Kier molecular flexibility index (Phi) is 4.00. The topological polar surface area (TPSA) is 46.2 Å². The van der Waals surface area contributed by atoms with E-state index in [0.29, 0.717) is 22.8 Å². The molecule has 1 aliphatic rings. The highest BCUT2D eigenvalue weighted by atomic mass is 32.2. The van der Waals surface area contributed by atoms with Gasteiger partial charge in [0.2, 0.25) is 0 Å². The Balaban J connectivity index is 2.69. The number of nitrogens with one attached hydrogen (secondary N) is 1. The first-order chi connectivity index (χ1) is 7.54. The van der Waals surface area contributed by atoms with Crippen molar-refractivity contribution in [2.45, 2.75) is 47.1 Å². The molecule has 1 aliphatic carbocycles. The fourth-order valence-electron chi connectivity index (χ4n) is 3.24. The smallest absolute Gasteiger partial charge is 0.147 e. The molecule has 0 saturated heterocycles. The van der Waals surface area contributed by atoms with Crippen LogP contribution in [-0.2, 0) is 9.84 Å². The van der Waals surface area contributed by atoms with Gasteiger partial charge in [-0.05, 0) is 29.7 Å². The summed E-state index contributed by atoms with van der Waals surface area (Å²) in [5.74, 6) is 0.851. The average molecular weight is 261 g/mol. The monoisotopic (exact) mass is 261 g/mol. The van der Waals surface area contributed by atoms with Crippen LogP contribution in [0.5, 0.6) is 0 Å². The van der Waals surface area contributed by atoms with Crippen LogP contribution >= 0.6 is 0 Å². The zero-order valence-electron chi connectivity index (χ0n) is 12.0. The number of sulfone groups is 1. The lowest BCUT2D eigenvalue weighted by Gasteiger charge is -2.19. The molecule has 0 aromatic heterocycles. The van der Waals surface area contributed by atoms with E-state index in [2.05, 4.69) is 39.9 Å². The molecule has 17 heavy (non-hydrogen) atoms. The van der Waals surface area contributed by atoms with E-state index in [0.717, 1.165) is 13.0 Å². The molecule has 0 spiro atoms. The molecule has 0 radical (unpaired) electrons. The first-order valence-corrected chi connectivity index (χ1v) is 8.51. The molecule has 0 aromatic rings. The molecule has 1 fully saturated rings. The summed E-state index contributed by atoms with van der Waals surface area (Å²) in [5.41, 5.74) is 0.606. The van der Waals surface area contributed by atoms with Gasteiger partial charge in [0.25, 0.3) is 0 Å². The van der Waals surface area contributed by atoms with E-state index in [-0.39, 0.29) is 5.75 Å². The van der Waals surface area contributed by atoms with Crippen LogP contribution in [0.2, 0.25) is 0 Å². The minimum atomic E-state index is -2.86. The largest absolute Gasteiger partial charge is 0.314 e. The maximum absolute atomic E-state index is 11.3. The number of hydrogen-bond acceptors (Lipinski definition) is 3. The van der Waals surface area contributed by atoms with E-state index >= 15 is 0 Å². The SMILES string of the molecule is CCNC(CCS(C)(=O)=O)C1C(C)(C)C1(C)C. The first-order valence-electron chi connectivity index (χ1n) is 6.45. The maximum Gasteiger partial charge on any atom is 0.147 e. The van der Waals surface area contributed by atoms with Gasteiger partial charge in [-0.15, -0.1) is 0 Å². The van der Waals surface area contributed by atoms with Gasteiger partial charge in [0, 0.05) is 12.3 Å². The first kappa shape index (κ1) is 15.0. The Hall–Kier alpha value is -0.0900. The fraction of sp³-hybridized carbons (Fsp3) is 1.00. The summed E-state index contributed by atoms with van der Waals surface area (Å²) >= 11 is 0. The number of rotatable bonds is 6. The van der Waals surface area contributed by atoms with Crippen LogP contribution in [0.1, 0.15) is 41.0 Å². The molecule has 0 aromatic carbocycles. The van der Waals surface area contributed by atoms with Crippen molar-refractivity contribution in [2.24, 2.45) is 16.7 Å². The van der Waals surface area contributed by atoms with Crippen LogP contribution in [0, 0.1) is 16.7 Å². The van der Waals surface area contributed by atoms with Gasteiger partial charge in [-0.1, -0.05) is 34.6 Å². The van der Waals surface area contributed by atoms with E-state index in [9.17, 15) is 8.42 Å². The lowest BCUT2D eigenvalue weighted by Crippen LogP contribution is -2.35. The van der Waals surface area contributed by atoms with Gasteiger partial charge < -0.3 is 5.32 Å². The zero-order chi connectivity index (χ0) is 13.5. The predicted octanol–water partition coefficient (Wildman–Crippen LogP) is 2.08. The molecule has 1 rings (SSSR count). The van der Waals surface area contributed by atoms with Gasteiger partial charge >= 0.3 is 0 Å². The summed E-state index contributed by atoms with van der Waals surface area (Å²) in [4.78, 5) is 0. The third kappa shape index (κ3) is 3.02. The maximum atomic E-state index is 11.3. The van der Waals surface area contributed by atoms with E-state index in [4.69, 9.17) is 0 Å². The highest BCUT2D eigenvalue weighted by Crippen LogP contribution is 2.69. The van der Waals surface area contributed by atoms with Crippen LogP contribution in [0.25, 0.3) is 0 Å². The van der Waals surface area contributed by atoms with Crippen molar-refractivity contribution in [3.63, 3.8) is 0 Å². The van der Waals surface area contributed by atoms with Crippen LogP contribution in [0.4, 0.5) is 0 Å². The Labute approximate surface area is 106 Å².